The number of halogens is 3. The average molecular weight is 429 g/mol. The average Bonchev–Trinajstić information content (AvgIpc) is 2.67. The van der Waals surface area contributed by atoms with E-state index >= 15 is 0 Å². The van der Waals surface area contributed by atoms with Crippen LogP contribution in [0.1, 0.15) is 24.1 Å². The lowest BCUT2D eigenvalue weighted by atomic mass is 10.1. The monoisotopic (exact) mass is 429 g/mol. The number of hydrogen-bond donors (Lipinski definition) is 2. The number of alkyl halides is 3. The number of anilines is 2. The number of primary sulfonamides is 1. The molecule has 2 aromatic carbocycles. The fourth-order valence-electron chi connectivity index (χ4n) is 3.22. The molecule has 158 valence electrons. The smallest absolute Gasteiger partial charge is 0.379 e. The van der Waals surface area contributed by atoms with Crippen LogP contribution in [0.3, 0.4) is 0 Å². The molecule has 6 nitrogen and oxygen atoms in total. The van der Waals surface area contributed by atoms with Gasteiger partial charge in [0.1, 0.15) is 0 Å². The molecule has 0 spiro atoms. The summed E-state index contributed by atoms with van der Waals surface area (Å²) in [5, 5.41) is 7.89. The van der Waals surface area contributed by atoms with Gasteiger partial charge in [-0.1, -0.05) is 12.1 Å². The van der Waals surface area contributed by atoms with Gasteiger partial charge in [-0.2, -0.15) is 13.2 Å². The summed E-state index contributed by atoms with van der Waals surface area (Å²) < 4.78 is 68.1. The summed E-state index contributed by atoms with van der Waals surface area (Å²) >= 11 is 0. The Kier molecular flexibility index (Phi) is 6.06. The van der Waals surface area contributed by atoms with Crippen molar-refractivity contribution < 1.29 is 26.3 Å². The molecule has 3 N–H and O–H groups in total. The van der Waals surface area contributed by atoms with Crippen molar-refractivity contribution in [3.8, 4) is 0 Å². The summed E-state index contributed by atoms with van der Waals surface area (Å²) in [6, 6.07) is 10.3. The van der Waals surface area contributed by atoms with Gasteiger partial charge in [-0.15, -0.1) is 0 Å². The van der Waals surface area contributed by atoms with Crippen molar-refractivity contribution in [2.45, 2.75) is 24.0 Å². The minimum Gasteiger partial charge on any atom is -0.379 e. The number of morpholine rings is 1. The largest absolute Gasteiger partial charge is 0.417 e. The van der Waals surface area contributed by atoms with Crippen LogP contribution in [0.25, 0.3) is 0 Å². The second-order valence-corrected chi connectivity index (χ2v) is 8.34. The molecule has 0 amide bonds. The minimum absolute atomic E-state index is 0.148. The van der Waals surface area contributed by atoms with Crippen LogP contribution in [0.5, 0.6) is 0 Å². The molecule has 1 unspecified atom stereocenters. The lowest BCUT2D eigenvalue weighted by Crippen LogP contribution is -2.36. The zero-order valence-corrected chi connectivity index (χ0v) is 16.6. The van der Waals surface area contributed by atoms with Gasteiger partial charge >= 0.3 is 6.18 Å². The minimum atomic E-state index is -4.84. The quantitative estimate of drug-likeness (QED) is 0.762. The van der Waals surface area contributed by atoms with E-state index in [0.717, 1.165) is 36.5 Å². The number of ether oxygens (including phenoxy) is 1. The van der Waals surface area contributed by atoms with Crippen molar-refractivity contribution in [3.63, 3.8) is 0 Å². The maximum atomic E-state index is 13.3. The summed E-state index contributed by atoms with van der Waals surface area (Å²) in [7, 11) is -4.49. The fourth-order valence-corrected chi connectivity index (χ4v) is 3.96. The summed E-state index contributed by atoms with van der Waals surface area (Å²) in [6.07, 6.45) is -4.84. The van der Waals surface area contributed by atoms with E-state index in [2.05, 4.69) is 10.2 Å². The van der Waals surface area contributed by atoms with Crippen molar-refractivity contribution >= 4 is 21.4 Å². The molecule has 1 aliphatic heterocycles. The lowest BCUT2D eigenvalue weighted by molar-refractivity contribution is -0.139. The van der Waals surface area contributed by atoms with Crippen LogP contribution in [-0.2, 0) is 20.9 Å². The van der Waals surface area contributed by atoms with Gasteiger partial charge in [-0.25, -0.2) is 13.6 Å². The SMILES string of the molecule is CC(Nc1ccc(S(N)(=O)=O)c(C(F)(F)F)c1)c1ccc(N2CCOCC2)cc1. The topological polar surface area (TPSA) is 84.7 Å². The van der Waals surface area contributed by atoms with Gasteiger partial charge in [-0.3, -0.25) is 0 Å². The molecule has 0 bridgehead atoms. The Hall–Kier alpha value is -2.30. The third-order valence-corrected chi connectivity index (χ3v) is 5.71. The van der Waals surface area contributed by atoms with Crippen LogP contribution in [0.2, 0.25) is 0 Å². The van der Waals surface area contributed by atoms with Crippen LogP contribution >= 0.6 is 0 Å². The van der Waals surface area contributed by atoms with Crippen LogP contribution < -0.4 is 15.4 Å². The number of benzene rings is 2. The number of nitrogens with two attached hydrogens (primary N) is 1. The highest BCUT2D eigenvalue weighted by molar-refractivity contribution is 7.89. The van der Waals surface area contributed by atoms with E-state index < -0.39 is 26.7 Å². The standard InChI is InChI=1S/C19H22F3N3O3S/c1-13(14-2-5-16(6-3-14)25-8-10-28-11-9-25)24-15-4-7-18(29(23,26)27)17(12-15)19(20,21)22/h2-7,12-13,24H,8-11H2,1H3,(H2,23,26,27). The second-order valence-electron chi connectivity index (χ2n) is 6.81. The first kappa shape index (κ1) is 21.4. The fraction of sp³-hybridized carbons (Fsp3) is 0.368. The highest BCUT2D eigenvalue weighted by atomic mass is 32.2. The van der Waals surface area contributed by atoms with Crippen molar-refractivity contribution in [2.24, 2.45) is 5.14 Å². The molecular weight excluding hydrogens is 407 g/mol. The Morgan fingerprint density at radius 2 is 1.72 bits per heavy atom. The van der Waals surface area contributed by atoms with Crippen LogP contribution in [0.4, 0.5) is 24.5 Å². The third-order valence-electron chi connectivity index (χ3n) is 4.74. The summed E-state index contributed by atoms with van der Waals surface area (Å²) in [5.41, 5.74) is 0.793. The van der Waals surface area contributed by atoms with Crippen molar-refractivity contribution in [1.82, 2.24) is 0 Å². The van der Waals surface area contributed by atoms with E-state index in [4.69, 9.17) is 9.88 Å². The Labute approximate surface area is 167 Å². The first-order valence-electron chi connectivity index (χ1n) is 8.99. The lowest BCUT2D eigenvalue weighted by Gasteiger charge is -2.29. The zero-order chi connectivity index (χ0) is 21.2. The number of rotatable bonds is 5. The molecule has 1 aliphatic rings. The molecule has 0 aromatic heterocycles. The van der Waals surface area contributed by atoms with Gasteiger partial charge in [-0.05, 0) is 42.8 Å². The zero-order valence-electron chi connectivity index (χ0n) is 15.7. The first-order chi connectivity index (χ1) is 13.6. The second kappa shape index (κ2) is 8.21. The normalized spacial score (nSPS) is 16.5. The molecular formula is C19H22F3N3O3S. The van der Waals surface area contributed by atoms with E-state index in [1.165, 1.54) is 6.07 Å². The number of nitrogens with zero attached hydrogens (tertiary/aromatic N) is 1. The van der Waals surface area contributed by atoms with Crippen LogP contribution in [-0.4, -0.2) is 34.7 Å². The Morgan fingerprint density at radius 1 is 1.10 bits per heavy atom. The molecule has 0 radical (unpaired) electrons. The molecule has 2 aromatic rings. The van der Waals surface area contributed by atoms with E-state index in [1.54, 1.807) is 0 Å². The maximum absolute atomic E-state index is 13.3. The molecule has 29 heavy (non-hydrogen) atoms. The van der Waals surface area contributed by atoms with Gasteiger partial charge in [0.2, 0.25) is 10.0 Å². The van der Waals surface area contributed by atoms with Gasteiger partial charge in [0, 0.05) is 30.5 Å². The van der Waals surface area contributed by atoms with E-state index in [9.17, 15) is 21.6 Å². The third kappa shape index (κ3) is 5.20. The van der Waals surface area contributed by atoms with Crippen molar-refractivity contribution in [1.29, 1.82) is 0 Å². The Morgan fingerprint density at radius 3 is 2.28 bits per heavy atom. The number of nitrogens with one attached hydrogen (secondary N) is 1. The molecule has 3 rings (SSSR count). The number of sulfonamides is 1. The van der Waals surface area contributed by atoms with Crippen molar-refractivity contribution in [2.75, 3.05) is 36.5 Å². The van der Waals surface area contributed by atoms with Gasteiger partial charge in [0.15, 0.2) is 0 Å². The highest BCUT2D eigenvalue weighted by Crippen LogP contribution is 2.36. The van der Waals surface area contributed by atoms with Crippen LogP contribution in [0, 0.1) is 0 Å². The Balaban J connectivity index is 1.79. The molecule has 1 saturated heterocycles. The summed E-state index contributed by atoms with van der Waals surface area (Å²) in [6.45, 7) is 4.78. The predicted molar refractivity (Wildman–Crippen MR) is 104 cm³/mol. The molecule has 0 saturated carbocycles. The van der Waals surface area contributed by atoms with E-state index in [-0.39, 0.29) is 11.7 Å². The summed E-state index contributed by atoms with van der Waals surface area (Å²) in [4.78, 5) is 1.26. The van der Waals surface area contributed by atoms with Crippen molar-refractivity contribution in [3.05, 3.63) is 53.6 Å². The number of hydrogen-bond acceptors (Lipinski definition) is 5. The van der Waals surface area contributed by atoms with Gasteiger partial charge in [0.25, 0.3) is 0 Å². The molecule has 0 aliphatic carbocycles. The van der Waals surface area contributed by atoms with Gasteiger partial charge in [0.05, 0.1) is 23.7 Å². The molecule has 1 fully saturated rings. The van der Waals surface area contributed by atoms with Gasteiger partial charge < -0.3 is 15.0 Å². The first-order valence-corrected chi connectivity index (χ1v) is 10.5. The predicted octanol–water partition coefficient (Wildman–Crippen LogP) is 3.36. The molecule has 1 atom stereocenters. The van der Waals surface area contributed by atoms with E-state index in [0.29, 0.717) is 13.2 Å². The maximum Gasteiger partial charge on any atom is 0.417 e. The molecule has 10 heteroatoms. The van der Waals surface area contributed by atoms with E-state index in [1.807, 2.05) is 31.2 Å². The molecule has 1 heterocycles. The highest BCUT2D eigenvalue weighted by Gasteiger charge is 2.36. The van der Waals surface area contributed by atoms with Crippen LogP contribution in [0.15, 0.2) is 47.4 Å². The Bertz CT molecular complexity index is 957. The summed E-state index contributed by atoms with van der Waals surface area (Å²) in [5.74, 6) is 0.